The first-order chi connectivity index (χ1) is 9.22. The van der Waals surface area contributed by atoms with Gasteiger partial charge in [0.05, 0.1) is 12.6 Å². The maximum Gasteiger partial charge on any atom is 0.319 e. The van der Waals surface area contributed by atoms with E-state index in [1.54, 1.807) is 6.20 Å². The highest BCUT2D eigenvalue weighted by Crippen LogP contribution is 2.15. The van der Waals surface area contributed by atoms with Gasteiger partial charge in [0.1, 0.15) is 3.92 Å². The molecule has 1 N–H and O–H groups in total. The van der Waals surface area contributed by atoms with E-state index in [9.17, 15) is 4.79 Å². The minimum Gasteiger partial charge on any atom is -0.468 e. The molecule has 1 aromatic carbocycles. The fraction of sp³-hybridized carbons (Fsp3) is 0.286. The van der Waals surface area contributed by atoms with Crippen molar-refractivity contribution >= 4 is 39.5 Å². The molecule has 0 amide bonds. The van der Waals surface area contributed by atoms with E-state index in [4.69, 9.17) is 0 Å². The predicted molar refractivity (Wildman–Crippen MR) is 83.3 cm³/mol. The Morgan fingerprint density at radius 2 is 2.21 bits per heavy atom. The van der Waals surface area contributed by atoms with E-state index < -0.39 is 0 Å². The van der Waals surface area contributed by atoms with Crippen molar-refractivity contribution in [2.75, 3.05) is 13.7 Å². The summed E-state index contributed by atoms with van der Waals surface area (Å²) in [4.78, 5) is 15.6. The van der Waals surface area contributed by atoms with Gasteiger partial charge < -0.3 is 10.1 Å². The highest BCUT2D eigenvalue weighted by Gasteiger charge is 2.14. The summed E-state index contributed by atoms with van der Waals surface area (Å²) >= 11 is 2.08. The van der Waals surface area contributed by atoms with Gasteiger partial charge in [-0.15, -0.1) is 0 Å². The first kappa shape index (κ1) is 14.2. The lowest BCUT2D eigenvalue weighted by Crippen LogP contribution is -2.29. The summed E-state index contributed by atoms with van der Waals surface area (Å²) in [5, 5.41) is 4.41. The molecular weight excluding hydrogens is 355 g/mol. The number of benzene rings is 1. The summed E-state index contributed by atoms with van der Waals surface area (Å²) < 4.78 is 4.52. The third kappa shape index (κ3) is 3.63. The molecule has 1 heterocycles. The zero-order valence-corrected chi connectivity index (χ0v) is 12.8. The van der Waals surface area contributed by atoms with E-state index in [1.807, 2.05) is 24.3 Å². The molecule has 0 radical (unpaired) electrons. The minimum atomic E-state index is -0.201. The van der Waals surface area contributed by atoms with Gasteiger partial charge in [0.25, 0.3) is 0 Å². The van der Waals surface area contributed by atoms with Crippen LogP contribution in [0.15, 0.2) is 36.5 Å². The number of rotatable bonds is 5. The Labute approximate surface area is 125 Å². The highest BCUT2D eigenvalue weighted by atomic mass is 127. The Balaban J connectivity index is 2.00. The monoisotopic (exact) mass is 370 g/mol. The number of carbonyl (C=O) groups is 1. The molecule has 100 valence electrons. The second-order valence-corrected chi connectivity index (χ2v) is 5.61. The molecule has 0 saturated heterocycles. The average Bonchev–Trinajstić information content (AvgIpc) is 2.46. The summed E-state index contributed by atoms with van der Waals surface area (Å²) in [7, 11) is 1.41. The molecule has 0 aliphatic heterocycles. The third-order valence-electron chi connectivity index (χ3n) is 2.84. The molecule has 0 bridgehead atoms. The van der Waals surface area contributed by atoms with Crippen molar-refractivity contribution in [1.29, 1.82) is 0 Å². The van der Waals surface area contributed by atoms with Crippen molar-refractivity contribution in [3.05, 3.63) is 42.1 Å². The Bertz CT molecular complexity index is 569. The van der Waals surface area contributed by atoms with Crippen LogP contribution in [0.5, 0.6) is 0 Å². The molecule has 0 spiro atoms. The van der Waals surface area contributed by atoms with E-state index in [-0.39, 0.29) is 9.89 Å². The molecule has 1 unspecified atom stereocenters. The zero-order chi connectivity index (χ0) is 13.7. The molecule has 1 aromatic heterocycles. The Morgan fingerprint density at radius 3 is 3.00 bits per heavy atom. The number of aromatic nitrogens is 1. The van der Waals surface area contributed by atoms with Crippen molar-refractivity contribution < 1.29 is 9.53 Å². The first-order valence-electron chi connectivity index (χ1n) is 5.97. The summed E-state index contributed by atoms with van der Waals surface area (Å²) in [5.41, 5.74) is 2.17. The topological polar surface area (TPSA) is 51.2 Å². The number of carbonyl (C=O) groups excluding carboxylic acids is 1. The van der Waals surface area contributed by atoms with Crippen LogP contribution in [0.1, 0.15) is 5.56 Å². The van der Waals surface area contributed by atoms with E-state index in [0.717, 1.165) is 10.9 Å². The van der Waals surface area contributed by atoms with Gasteiger partial charge >= 0.3 is 5.97 Å². The summed E-state index contributed by atoms with van der Waals surface area (Å²) in [6.45, 7) is 1.30. The molecule has 19 heavy (non-hydrogen) atoms. The van der Waals surface area contributed by atoms with Crippen LogP contribution in [0.25, 0.3) is 10.9 Å². The number of fused-ring (bicyclic) bond motifs is 1. The van der Waals surface area contributed by atoms with Crippen molar-refractivity contribution in [2.45, 2.75) is 10.5 Å². The van der Waals surface area contributed by atoms with Crippen LogP contribution < -0.4 is 5.32 Å². The quantitative estimate of drug-likeness (QED) is 0.499. The fourth-order valence-corrected chi connectivity index (χ4v) is 2.42. The summed E-state index contributed by atoms with van der Waals surface area (Å²) in [6.07, 6.45) is 1.81. The number of hydrogen-bond donors (Lipinski definition) is 1. The van der Waals surface area contributed by atoms with Crippen molar-refractivity contribution in [1.82, 2.24) is 10.3 Å². The van der Waals surface area contributed by atoms with Crippen LogP contribution in [0, 0.1) is 0 Å². The number of para-hydroxylation sites is 1. The van der Waals surface area contributed by atoms with Crippen LogP contribution in [0.2, 0.25) is 0 Å². The average molecular weight is 370 g/mol. The second kappa shape index (κ2) is 6.81. The van der Waals surface area contributed by atoms with Gasteiger partial charge in [-0.1, -0.05) is 40.8 Å². The lowest BCUT2D eigenvalue weighted by molar-refractivity contribution is -0.139. The minimum absolute atomic E-state index is 0.171. The van der Waals surface area contributed by atoms with E-state index in [1.165, 1.54) is 12.7 Å². The molecule has 0 aliphatic rings. The molecule has 1 atom stereocenters. The van der Waals surface area contributed by atoms with Crippen LogP contribution >= 0.6 is 22.6 Å². The molecular formula is C14H15IN2O2. The molecule has 0 saturated carbocycles. The van der Waals surface area contributed by atoms with Gasteiger partial charge in [0.15, 0.2) is 0 Å². The fourth-order valence-electron chi connectivity index (χ4n) is 1.85. The van der Waals surface area contributed by atoms with Crippen molar-refractivity contribution in [3.63, 3.8) is 0 Å². The number of hydrogen-bond acceptors (Lipinski definition) is 4. The van der Waals surface area contributed by atoms with Crippen LogP contribution in [-0.4, -0.2) is 28.5 Å². The van der Waals surface area contributed by atoms with E-state index >= 15 is 0 Å². The molecule has 0 fully saturated rings. The third-order valence-corrected chi connectivity index (χ3v) is 3.78. The van der Waals surface area contributed by atoms with Crippen LogP contribution in [0.4, 0.5) is 0 Å². The normalized spacial score (nSPS) is 12.3. The number of pyridine rings is 1. The lowest BCUT2D eigenvalue weighted by Gasteiger charge is -2.10. The van der Waals surface area contributed by atoms with Gasteiger partial charge in [-0.25, -0.2) is 0 Å². The highest BCUT2D eigenvalue weighted by molar-refractivity contribution is 14.1. The number of nitrogens with one attached hydrogen (secondary N) is 1. The summed E-state index contributed by atoms with van der Waals surface area (Å²) in [5.74, 6) is -0.201. The van der Waals surface area contributed by atoms with Crippen LogP contribution in [-0.2, 0) is 16.1 Å². The SMILES string of the molecule is COC(=O)C(I)CNCc1ccnc2ccccc12. The molecule has 2 aromatic rings. The number of esters is 1. The Morgan fingerprint density at radius 1 is 1.42 bits per heavy atom. The van der Waals surface area contributed by atoms with Gasteiger partial charge in [0, 0.05) is 24.7 Å². The number of nitrogens with zero attached hydrogens (tertiary/aromatic N) is 1. The standard InChI is InChI=1S/C14H15IN2O2/c1-19-14(18)12(15)9-16-8-10-6-7-17-13-5-3-2-4-11(10)13/h2-7,12,16H,8-9H2,1H3. The van der Waals surface area contributed by atoms with Gasteiger partial charge in [-0.3, -0.25) is 9.78 Å². The zero-order valence-electron chi connectivity index (χ0n) is 10.6. The molecule has 4 nitrogen and oxygen atoms in total. The molecule has 2 rings (SSSR count). The molecule has 0 aliphatic carbocycles. The van der Waals surface area contributed by atoms with E-state index in [2.05, 4.69) is 43.7 Å². The lowest BCUT2D eigenvalue weighted by atomic mass is 10.1. The molecule has 5 heteroatoms. The maximum atomic E-state index is 11.3. The van der Waals surface area contributed by atoms with Crippen molar-refractivity contribution in [3.8, 4) is 0 Å². The van der Waals surface area contributed by atoms with Crippen molar-refractivity contribution in [2.24, 2.45) is 0 Å². The van der Waals surface area contributed by atoms with Crippen LogP contribution in [0.3, 0.4) is 0 Å². The smallest absolute Gasteiger partial charge is 0.319 e. The number of methoxy groups -OCH3 is 1. The Kier molecular flexibility index (Phi) is 5.09. The largest absolute Gasteiger partial charge is 0.468 e. The summed E-state index contributed by atoms with van der Waals surface area (Å²) in [6, 6.07) is 10.0. The van der Waals surface area contributed by atoms with Gasteiger partial charge in [-0.05, 0) is 17.7 Å². The van der Waals surface area contributed by atoms with Gasteiger partial charge in [-0.2, -0.15) is 0 Å². The number of halogens is 1. The Hall–Kier alpha value is -1.21. The maximum absolute atomic E-state index is 11.3. The van der Waals surface area contributed by atoms with E-state index in [0.29, 0.717) is 13.1 Å². The van der Waals surface area contributed by atoms with Gasteiger partial charge in [0.2, 0.25) is 0 Å². The first-order valence-corrected chi connectivity index (χ1v) is 7.22. The number of alkyl halides is 1. The second-order valence-electron chi connectivity index (χ2n) is 4.11. The predicted octanol–water partition coefficient (Wildman–Crippen LogP) is 2.30. The number of ether oxygens (including phenoxy) is 1.